The maximum atomic E-state index is 13.8. The summed E-state index contributed by atoms with van der Waals surface area (Å²) < 4.78 is 0. The molecule has 0 aromatic heterocycles. The molecular weight excluding hydrogens is 574 g/mol. The van der Waals surface area contributed by atoms with Gasteiger partial charge in [0, 0.05) is 13.0 Å². The van der Waals surface area contributed by atoms with Gasteiger partial charge >= 0.3 is 0 Å². The summed E-state index contributed by atoms with van der Waals surface area (Å²) in [5.41, 5.74) is 3.73. The largest absolute Gasteiger partial charge is 0.391 e. The lowest BCUT2D eigenvalue weighted by Crippen LogP contribution is -2.55. The van der Waals surface area contributed by atoms with Crippen LogP contribution in [0.4, 0.5) is 0 Å². The van der Waals surface area contributed by atoms with Gasteiger partial charge in [0.05, 0.1) is 18.1 Å². The summed E-state index contributed by atoms with van der Waals surface area (Å²) in [5.74, 6) is -1.63. The van der Waals surface area contributed by atoms with Crippen LogP contribution in [-0.2, 0) is 27.2 Å². The topological polar surface area (TPSA) is 108 Å². The maximum Gasteiger partial charge on any atom is 0.243 e. The van der Waals surface area contributed by atoms with Gasteiger partial charge in [-0.3, -0.25) is 14.4 Å². The van der Waals surface area contributed by atoms with Gasteiger partial charge in [-0.2, -0.15) is 0 Å². The minimum Gasteiger partial charge on any atom is -0.391 e. The maximum absolute atomic E-state index is 13.8. The third kappa shape index (κ3) is 10.4. The summed E-state index contributed by atoms with van der Waals surface area (Å²) in [5, 5.41) is 20.2. The number of rotatable bonds is 16. The van der Waals surface area contributed by atoms with Gasteiger partial charge in [-0.15, -0.1) is 0 Å². The van der Waals surface area contributed by atoms with Crippen molar-refractivity contribution in [3.05, 3.63) is 144 Å². The molecule has 4 rings (SSSR count). The van der Waals surface area contributed by atoms with Crippen molar-refractivity contribution in [2.45, 2.75) is 63.6 Å². The van der Waals surface area contributed by atoms with Crippen LogP contribution in [0.5, 0.6) is 0 Å². The average Bonchev–Trinajstić information content (AvgIpc) is 3.07. The second kappa shape index (κ2) is 17.7. The summed E-state index contributed by atoms with van der Waals surface area (Å²) >= 11 is 0. The molecule has 4 aromatic carbocycles. The van der Waals surface area contributed by atoms with E-state index >= 15 is 0 Å². The summed E-state index contributed by atoms with van der Waals surface area (Å²) in [6.45, 7) is 4.27. The van der Waals surface area contributed by atoms with E-state index in [2.05, 4.69) is 16.0 Å². The van der Waals surface area contributed by atoms with Crippen LogP contribution in [0.3, 0.4) is 0 Å². The first-order valence-corrected chi connectivity index (χ1v) is 16.0. The average molecular weight is 620 g/mol. The second-order valence-electron chi connectivity index (χ2n) is 12.0. The van der Waals surface area contributed by atoms with Crippen molar-refractivity contribution in [2.75, 3.05) is 6.54 Å². The molecule has 0 aliphatic rings. The molecule has 3 atom stereocenters. The number of benzene rings is 4. The van der Waals surface area contributed by atoms with Crippen molar-refractivity contribution in [3.8, 4) is 0 Å². The van der Waals surface area contributed by atoms with Gasteiger partial charge < -0.3 is 21.1 Å². The Morgan fingerprint density at radius 1 is 0.652 bits per heavy atom. The minimum atomic E-state index is -0.978. The summed E-state index contributed by atoms with van der Waals surface area (Å²) in [4.78, 5) is 40.3. The van der Waals surface area contributed by atoms with Crippen molar-refractivity contribution >= 4 is 17.7 Å². The molecule has 4 aromatic rings. The third-order valence-corrected chi connectivity index (χ3v) is 8.11. The van der Waals surface area contributed by atoms with E-state index in [1.807, 2.05) is 135 Å². The molecule has 0 spiro atoms. The number of carbonyl (C=O) groups excluding carboxylic acids is 3. The highest BCUT2D eigenvalue weighted by Crippen LogP contribution is 2.25. The van der Waals surface area contributed by atoms with Crippen LogP contribution in [0.2, 0.25) is 0 Å². The Kier molecular flexibility index (Phi) is 13.1. The van der Waals surface area contributed by atoms with E-state index in [-0.39, 0.29) is 36.5 Å². The molecule has 4 N–H and O–H groups in total. The molecule has 7 nitrogen and oxygen atoms in total. The molecule has 46 heavy (non-hydrogen) atoms. The number of carbonyl (C=O) groups is 3. The summed E-state index contributed by atoms with van der Waals surface area (Å²) in [6, 6.07) is 37.0. The fraction of sp³-hybridized carbons (Fsp3) is 0.308. The molecule has 0 bridgehead atoms. The first kappa shape index (κ1) is 34.1. The van der Waals surface area contributed by atoms with E-state index in [1.54, 1.807) is 0 Å². The number of amides is 3. The van der Waals surface area contributed by atoms with Gasteiger partial charge in [-0.1, -0.05) is 135 Å². The lowest BCUT2D eigenvalue weighted by molar-refractivity contribution is -0.131. The zero-order valence-electron chi connectivity index (χ0n) is 26.6. The lowest BCUT2D eigenvalue weighted by atomic mass is 9.89. The van der Waals surface area contributed by atoms with Crippen molar-refractivity contribution in [1.82, 2.24) is 16.0 Å². The number of hydrogen-bond acceptors (Lipinski definition) is 4. The molecule has 0 saturated carbocycles. The molecule has 0 aliphatic carbocycles. The van der Waals surface area contributed by atoms with Crippen LogP contribution < -0.4 is 16.0 Å². The van der Waals surface area contributed by atoms with E-state index in [0.29, 0.717) is 13.0 Å². The van der Waals surface area contributed by atoms with Gasteiger partial charge in [-0.25, -0.2) is 0 Å². The molecule has 0 aliphatic heterocycles. The fourth-order valence-electron chi connectivity index (χ4n) is 5.54. The molecular formula is C39H45N3O4. The van der Waals surface area contributed by atoms with Crippen LogP contribution in [0.25, 0.3) is 0 Å². The van der Waals surface area contributed by atoms with Gasteiger partial charge in [0.15, 0.2) is 0 Å². The number of hydrogen-bond donors (Lipinski definition) is 4. The Hall–Kier alpha value is -4.75. The van der Waals surface area contributed by atoms with Gasteiger partial charge in [0.25, 0.3) is 0 Å². The smallest absolute Gasteiger partial charge is 0.243 e. The van der Waals surface area contributed by atoms with E-state index in [1.165, 1.54) is 0 Å². The zero-order valence-corrected chi connectivity index (χ0v) is 26.6. The monoisotopic (exact) mass is 619 g/mol. The first-order valence-electron chi connectivity index (χ1n) is 16.0. The second-order valence-corrected chi connectivity index (χ2v) is 12.0. The molecule has 7 heteroatoms. The molecule has 0 radical (unpaired) electrons. The molecule has 3 unspecified atom stereocenters. The zero-order chi connectivity index (χ0) is 32.7. The van der Waals surface area contributed by atoms with E-state index in [4.69, 9.17) is 0 Å². The van der Waals surface area contributed by atoms with Crippen LogP contribution in [0.1, 0.15) is 54.9 Å². The SMILES string of the molecule is CC(C)C(NC(=O)C(c1ccccc1)c1ccccc1)C(=O)NC(Cc1ccccc1)C(O)CCC(=O)NCCc1ccccc1. The normalized spacial score (nSPS) is 13.1. The Morgan fingerprint density at radius 3 is 1.67 bits per heavy atom. The highest BCUT2D eigenvalue weighted by molar-refractivity contribution is 5.92. The van der Waals surface area contributed by atoms with E-state index in [0.717, 1.165) is 28.7 Å². The number of aliphatic hydroxyl groups is 1. The molecule has 0 heterocycles. The number of aliphatic hydroxyl groups excluding tert-OH is 1. The van der Waals surface area contributed by atoms with Crippen molar-refractivity contribution in [3.63, 3.8) is 0 Å². The summed E-state index contributed by atoms with van der Waals surface area (Å²) in [7, 11) is 0. The highest BCUT2D eigenvalue weighted by atomic mass is 16.3. The Bertz CT molecular complexity index is 1460. The standard InChI is InChI=1S/C39H45N3O4/c1-28(2)37(42-38(45)36(31-19-11-5-12-20-31)32-21-13-6-14-22-32)39(46)41-33(27-30-17-9-4-10-18-30)34(43)23-24-35(44)40-26-25-29-15-7-3-8-16-29/h3-22,28,33-34,36-37,43H,23-27H2,1-2H3,(H,40,44)(H,41,46)(H,42,45). The highest BCUT2D eigenvalue weighted by Gasteiger charge is 2.32. The van der Waals surface area contributed by atoms with Gasteiger partial charge in [-0.05, 0) is 47.4 Å². The Morgan fingerprint density at radius 2 is 1.15 bits per heavy atom. The van der Waals surface area contributed by atoms with Crippen LogP contribution in [0.15, 0.2) is 121 Å². The van der Waals surface area contributed by atoms with Crippen molar-refractivity contribution < 1.29 is 19.5 Å². The van der Waals surface area contributed by atoms with Crippen molar-refractivity contribution in [1.29, 1.82) is 0 Å². The third-order valence-electron chi connectivity index (χ3n) is 8.11. The van der Waals surface area contributed by atoms with Gasteiger partial charge in [0.1, 0.15) is 6.04 Å². The van der Waals surface area contributed by atoms with Crippen LogP contribution in [-0.4, -0.2) is 47.6 Å². The predicted octanol–water partition coefficient (Wildman–Crippen LogP) is 5.19. The van der Waals surface area contributed by atoms with Crippen LogP contribution in [0, 0.1) is 5.92 Å². The first-order chi connectivity index (χ1) is 22.3. The summed E-state index contributed by atoms with van der Waals surface area (Å²) in [6.07, 6.45) is 0.418. The number of nitrogens with one attached hydrogen (secondary N) is 3. The Labute approximate surface area is 272 Å². The van der Waals surface area contributed by atoms with Gasteiger partial charge in [0.2, 0.25) is 17.7 Å². The van der Waals surface area contributed by atoms with E-state index < -0.39 is 24.1 Å². The van der Waals surface area contributed by atoms with Crippen LogP contribution >= 0.6 is 0 Å². The molecule has 0 fully saturated rings. The lowest BCUT2D eigenvalue weighted by Gasteiger charge is -2.29. The quantitative estimate of drug-likeness (QED) is 0.139. The Balaban J connectivity index is 1.43. The van der Waals surface area contributed by atoms with Crippen molar-refractivity contribution in [2.24, 2.45) is 5.92 Å². The molecule has 3 amide bonds. The van der Waals surface area contributed by atoms with E-state index in [9.17, 15) is 19.5 Å². The molecule has 0 saturated heterocycles. The molecule has 240 valence electrons. The predicted molar refractivity (Wildman–Crippen MR) is 182 cm³/mol. The fourth-order valence-corrected chi connectivity index (χ4v) is 5.54. The minimum absolute atomic E-state index is 0.122.